The fraction of sp³-hybridized carbons (Fsp3) is 0.353. The fourth-order valence-electron chi connectivity index (χ4n) is 3.39. The molecule has 2 unspecified atom stereocenters. The Morgan fingerprint density at radius 2 is 2.15 bits per heavy atom. The predicted octanol–water partition coefficient (Wildman–Crippen LogP) is 3.04. The van der Waals surface area contributed by atoms with E-state index in [0.29, 0.717) is 5.92 Å². The summed E-state index contributed by atoms with van der Waals surface area (Å²) < 4.78 is 0. The molecule has 1 aliphatic carbocycles. The second-order valence-electron chi connectivity index (χ2n) is 5.47. The van der Waals surface area contributed by atoms with Crippen LogP contribution in [0.25, 0.3) is 0 Å². The third-order valence-corrected chi connectivity index (χ3v) is 4.35. The first-order valence-electron chi connectivity index (χ1n) is 7.25. The summed E-state index contributed by atoms with van der Waals surface area (Å²) in [5.74, 6) is 0.469. The maximum atomic E-state index is 6.14. The van der Waals surface area contributed by atoms with Gasteiger partial charge in [0.2, 0.25) is 0 Å². The zero-order valence-electron chi connectivity index (χ0n) is 11.8. The normalized spacial score (nSPS) is 19.4. The zero-order valence-corrected chi connectivity index (χ0v) is 11.8. The summed E-state index contributed by atoms with van der Waals surface area (Å²) in [4.78, 5) is 4.25. The summed E-state index contributed by atoms with van der Waals surface area (Å²) in [6, 6.07) is 10.9. The molecule has 0 saturated heterocycles. The van der Waals surface area contributed by atoms with Crippen molar-refractivity contribution in [2.24, 2.45) is 0 Å². The number of hydrogen-bond donors (Lipinski definition) is 2. The topological polar surface area (TPSA) is 50.9 Å². The minimum Gasteiger partial charge on any atom is -0.398 e. The molecule has 104 valence electrons. The van der Waals surface area contributed by atoms with Crippen molar-refractivity contribution in [1.29, 1.82) is 0 Å². The summed E-state index contributed by atoms with van der Waals surface area (Å²) in [5.41, 5.74) is 11.0. The van der Waals surface area contributed by atoms with Crippen molar-refractivity contribution in [3.05, 3.63) is 59.4 Å². The third kappa shape index (κ3) is 2.29. The second-order valence-corrected chi connectivity index (χ2v) is 5.47. The van der Waals surface area contributed by atoms with Gasteiger partial charge < -0.3 is 11.1 Å². The Morgan fingerprint density at radius 3 is 2.95 bits per heavy atom. The number of nitrogens with zero attached hydrogens (tertiary/aromatic N) is 1. The number of hydrogen-bond acceptors (Lipinski definition) is 3. The van der Waals surface area contributed by atoms with E-state index in [4.69, 9.17) is 5.73 Å². The molecule has 3 N–H and O–H groups in total. The Balaban J connectivity index is 2.01. The van der Waals surface area contributed by atoms with E-state index in [2.05, 4.69) is 34.6 Å². The molecule has 3 nitrogen and oxygen atoms in total. The van der Waals surface area contributed by atoms with Gasteiger partial charge in [-0.15, -0.1) is 0 Å². The van der Waals surface area contributed by atoms with Crippen molar-refractivity contribution in [2.45, 2.75) is 31.2 Å². The van der Waals surface area contributed by atoms with Gasteiger partial charge in [0.25, 0.3) is 0 Å². The van der Waals surface area contributed by atoms with Gasteiger partial charge in [0.15, 0.2) is 0 Å². The SMILES string of the molecule is CNC(c1cnccc1N)C1CCCc2ccccc21. The van der Waals surface area contributed by atoms with Crippen LogP contribution in [-0.4, -0.2) is 12.0 Å². The number of benzene rings is 1. The first-order chi connectivity index (χ1) is 9.81. The number of aromatic nitrogens is 1. The number of nitrogen functional groups attached to an aromatic ring is 1. The monoisotopic (exact) mass is 267 g/mol. The van der Waals surface area contributed by atoms with Crippen molar-refractivity contribution in [1.82, 2.24) is 10.3 Å². The van der Waals surface area contributed by atoms with Crippen molar-refractivity contribution in [3.8, 4) is 0 Å². The van der Waals surface area contributed by atoms with E-state index in [-0.39, 0.29) is 6.04 Å². The molecule has 1 heterocycles. The highest BCUT2D eigenvalue weighted by molar-refractivity contribution is 5.48. The van der Waals surface area contributed by atoms with Gasteiger partial charge in [-0.05, 0) is 43.5 Å². The Morgan fingerprint density at radius 1 is 1.30 bits per heavy atom. The van der Waals surface area contributed by atoms with Crippen LogP contribution >= 0.6 is 0 Å². The van der Waals surface area contributed by atoms with Gasteiger partial charge in [-0.25, -0.2) is 0 Å². The van der Waals surface area contributed by atoms with Gasteiger partial charge in [-0.1, -0.05) is 24.3 Å². The number of likely N-dealkylation sites (N-methyl/N-ethyl adjacent to an activating group) is 1. The van der Waals surface area contributed by atoms with Gasteiger partial charge in [0.05, 0.1) is 0 Å². The lowest BCUT2D eigenvalue weighted by Gasteiger charge is -2.33. The van der Waals surface area contributed by atoms with Crippen LogP contribution in [0.2, 0.25) is 0 Å². The highest BCUT2D eigenvalue weighted by Crippen LogP contribution is 2.41. The summed E-state index contributed by atoms with van der Waals surface area (Å²) >= 11 is 0. The molecule has 0 spiro atoms. The molecular weight excluding hydrogens is 246 g/mol. The molecule has 0 amide bonds. The number of nitrogens with one attached hydrogen (secondary N) is 1. The van der Waals surface area contributed by atoms with Gasteiger partial charge in [-0.2, -0.15) is 0 Å². The van der Waals surface area contributed by atoms with E-state index in [9.17, 15) is 0 Å². The molecule has 0 saturated carbocycles. The molecule has 1 aliphatic rings. The van der Waals surface area contributed by atoms with Crippen molar-refractivity contribution >= 4 is 5.69 Å². The standard InChI is InChI=1S/C17H21N3/c1-19-17(15-11-20-10-9-16(15)18)14-8-4-6-12-5-2-3-7-13(12)14/h2-3,5,7,9-11,14,17,19H,4,6,8H2,1H3,(H2,18,20). The molecule has 2 aromatic rings. The summed E-state index contributed by atoms with van der Waals surface area (Å²) in [6.45, 7) is 0. The lowest BCUT2D eigenvalue weighted by atomic mass is 9.77. The van der Waals surface area contributed by atoms with E-state index in [1.165, 1.54) is 30.4 Å². The van der Waals surface area contributed by atoms with Crippen LogP contribution in [0.15, 0.2) is 42.7 Å². The number of fused-ring (bicyclic) bond motifs is 1. The highest BCUT2D eigenvalue weighted by Gasteiger charge is 2.28. The van der Waals surface area contributed by atoms with E-state index < -0.39 is 0 Å². The van der Waals surface area contributed by atoms with Crippen LogP contribution in [-0.2, 0) is 6.42 Å². The number of anilines is 1. The van der Waals surface area contributed by atoms with Crippen molar-refractivity contribution < 1.29 is 0 Å². The molecule has 0 aliphatic heterocycles. The number of pyridine rings is 1. The van der Waals surface area contributed by atoms with Crippen LogP contribution in [0, 0.1) is 0 Å². The van der Waals surface area contributed by atoms with E-state index in [1.54, 1.807) is 6.20 Å². The highest BCUT2D eigenvalue weighted by atomic mass is 14.9. The van der Waals surface area contributed by atoms with Crippen molar-refractivity contribution in [2.75, 3.05) is 12.8 Å². The van der Waals surface area contributed by atoms with Gasteiger partial charge in [0, 0.05) is 35.6 Å². The molecule has 20 heavy (non-hydrogen) atoms. The molecule has 0 bridgehead atoms. The summed E-state index contributed by atoms with van der Waals surface area (Å²) in [5, 5.41) is 3.45. The van der Waals surface area contributed by atoms with E-state index in [0.717, 1.165) is 11.3 Å². The minimum atomic E-state index is 0.227. The molecular formula is C17H21N3. The number of aryl methyl sites for hydroxylation is 1. The smallest absolute Gasteiger partial charge is 0.0423 e. The van der Waals surface area contributed by atoms with Crippen LogP contribution in [0.5, 0.6) is 0 Å². The fourth-order valence-corrected chi connectivity index (χ4v) is 3.39. The summed E-state index contributed by atoms with van der Waals surface area (Å²) in [6.07, 6.45) is 7.26. The number of nitrogens with two attached hydrogens (primary N) is 1. The van der Waals surface area contributed by atoms with Gasteiger partial charge >= 0.3 is 0 Å². The van der Waals surface area contributed by atoms with Crippen LogP contribution in [0.3, 0.4) is 0 Å². The molecule has 3 rings (SSSR count). The minimum absolute atomic E-state index is 0.227. The average molecular weight is 267 g/mol. The predicted molar refractivity (Wildman–Crippen MR) is 82.6 cm³/mol. The maximum absolute atomic E-state index is 6.14. The summed E-state index contributed by atoms with van der Waals surface area (Å²) in [7, 11) is 2.01. The first-order valence-corrected chi connectivity index (χ1v) is 7.25. The Bertz CT molecular complexity index is 594. The van der Waals surface area contributed by atoms with E-state index in [1.807, 2.05) is 19.3 Å². The Labute approximate surface area is 120 Å². The number of rotatable bonds is 3. The van der Waals surface area contributed by atoms with Crippen molar-refractivity contribution in [3.63, 3.8) is 0 Å². The molecule has 0 radical (unpaired) electrons. The molecule has 3 heteroatoms. The molecule has 2 atom stereocenters. The molecule has 1 aromatic heterocycles. The average Bonchev–Trinajstić information content (AvgIpc) is 2.50. The first kappa shape index (κ1) is 13.1. The third-order valence-electron chi connectivity index (χ3n) is 4.35. The molecule has 0 fully saturated rings. The maximum Gasteiger partial charge on any atom is 0.0423 e. The van der Waals surface area contributed by atoms with Crippen LogP contribution in [0.4, 0.5) is 5.69 Å². The van der Waals surface area contributed by atoms with E-state index >= 15 is 0 Å². The lowest BCUT2D eigenvalue weighted by molar-refractivity contribution is 0.425. The lowest BCUT2D eigenvalue weighted by Crippen LogP contribution is -2.27. The quantitative estimate of drug-likeness (QED) is 0.898. The Hall–Kier alpha value is -1.87. The molecule has 1 aromatic carbocycles. The van der Waals surface area contributed by atoms with Crippen LogP contribution < -0.4 is 11.1 Å². The van der Waals surface area contributed by atoms with Gasteiger partial charge in [0.1, 0.15) is 0 Å². The largest absolute Gasteiger partial charge is 0.398 e. The van der Waals surface area contributed by atoms with Gasteiger partial charge in [-0.3, -0.25) is 4.98 Å². The zero-order chi connectivity index (χ0) is 13.9. The Kier molecular flexibility index (Phi) is 3.70. The second kappa shape index (κ2) is 5.63. The van der Waals surface area contributed by atoms with Crippen LogP contribution in [0.1, 0.15) is 41.5 Å².